The van der Waals surface area contributed by atoms with Gasteiger partial charge in [-0.05, 0) is 38.2 Å². The van der Waals surface area contributed by atoms with Gasteiger partial charge >= 0.3 is 0 Å². The van der Waals surface area contributed by atoms with Gasteiger partial charge in [-0.1, -0.05) is 0 Å². The molecule has 0 radical (unpaired) electrons. The molecule has 0 aromatic carbocycles. The van der Waals surface area contributed by atoms with Gasteiger partial charge in [-0.25, -0.2) is 0 Å². The van der Waals surface area contributed by atoms with Crippen LogP contribution < -0.4 is 10.1 Å². The number of rotatable bonds is 6. The molecule has 1 heterocycles. The van der Waals surface area contributed by atoms with Crippen molar-refractivity contribution in [3.63, 3.8) is 0 Å². The van der Waals surface area contributed by atoms with Crippen LogP contribution in [0, 0.1) is 0 Å². The highest BCUT2D eigenvalue weighted by molar-refractivity contribution is 5.30. The molecule has 1 aromatic rings. The zero-order valence-corrected chi connectivity index (χ0v) is 12.2. The SMILES string of the molecule is COC1CCCC(Oc2cnccc2CNC2CC2)C1. The molecule has 4 heteroatoms. The highest BCUT2D eigenvalue weighted by Crippen LogP contribution is 2.27. The molecule has 2 saturated carbocycles. The van der Waals surface area contributed by atoms with E-state index in [4.69, 9.17) is 9.47 Å². The minimum absolute atomic E-state index is 0.262. The normalized spacial score (nSPS) is 26.4. The first-order valence-electron chi connectivity index (χ1n) is 7.71. The number of pyridine rings is 1. The van der Waals surface area contributed by atoms with E-state index in [1.54, 1.807) is 7.11 Å². The number of hydrogen-bond acceptors (Lipinski definition) is 4. The lowest BCUT2D eigenvalue weighted by molar-refractivity contribution is 0.0205. The predicted molar refractivity (Wildman–Crippen MR) is 77.8 cm³/mol. The molecular formula is C16H24N2O2. The van der Waals surface area contributed by atoms with Gasteiger partial charge in [-0.3, -0.25) is 4.98 Å². The number of ether oxygens (including phenoxy) is 2. The van der Waals surface area contributed by atoms with Crippen LogP contribution in [-0.4, -0.2) is 30.3 Å². The van der Waals surface area contributed by atoms with Crippen molar-refractivity contribution in [2.45, 2.75) is 63.3 Å². The van der Waals surface area contributed by atoms with E-state index >= 15 is 0 Å². The van der Waals surface area contributed by atoms with E-state index in [0.717, 1.165) is 31.6 Å². The second-order valence-corrected chi connectivity index (χ2v) is 5.90. The first-order chi connectivity index (χ1) is 9.85. The molecule has 0 bridgehead atoms. The Morgan fingerprint density at radius 1 is 1.25 bits per heavy atom. The molecule has 1 N–H and O–H groups in total. The van der Waals surface area contributed by atoms with Crippen LogP contribution in [0.5, 0.6) is 5.75 Å². The number of hydrogen-bond donors (Lipinski definition) is 1. The van der Waals surface area contributed by atoms with Crippen molar-refractivity contribution in [2.75, 3.05) is 7.11 Å². The van der Waals surface area contributed by atoms with Crippen LogP contribution in [0.2, 0.25) is 0 Å². The van der Waals surface area contributed by atoms with Gasteiger partial charge in [0.2, 0.25) is 0 Å². The van der Waals surface area contributed by atoms with Crippen LogP contribution in [0.4, 0.5) is 0 Å². The maximum absolute atomic E-state index is 6.19. The van der Waals surface area contributed by atoms with Crippen molar-refractivity contribution >= 4 is 0 Å². The summed E-state index contributed by atoms with van der Waals surface area (Å²) in [6.45, 7) is 0.878. The molecule has 0 aliphatic heterocycles. The lowest BCUT2D eigenvalue weighted by Gasteiger charge is -2.29. The summed E-state index contributed by atoms with van der Waals surface area (Å²) in [6, 6.07) is 2.77. The van der Waals surface area contributed by atoms with Crippen LogP contribution in [0.15, 0.2) is 18.5 Å². The molecular weight excluding hydrogens is 252 g/mol. The Kier molecular flexibility index (Phi) is 4.53. The summed E-state index contributed by atoms with van der Waals surface area (Å²) in [7, 11) is 1.79. The summed E-state index contributed by atoms with van der Waals surface area (Å²) in [4.78, 5) is 4.21. The minimum Gasteiger partial charge on any atom is -0.488 e. The van der Waals surface area contributed by atoms with E-state index in [2.05, 4.69) is 16.4 Å². The molecule has 2 aliphatic rings. The topological polar surface area (TPSA) is 43.4 Å². The molecule has 3 rings (SSSR count). The fourth-order valence-corrected chi connectivity index (χ4v) is 2.81. The van der Waals surface area contributed by atoms with Gasteiger partial charge in [0.25, 0.3) is 0 Å². The van der Waals surface area contributed by atoms with E-state index in [-0.39, 0.29) is 6.10 Å². The Morgan fingerprint density at radius 2 is 2.10 bits per heavy atom. The summed E-state index contributed by atoms with van der Waals surface area (Å²) in [5.74, 6) is 0.933. The first-order valence-corrected chi connectivity index (χ1v) is 7.71. The summed E-state index contributed by atoms with van der Waals surface area (Å²) < 4.78 is 11.7. The average Bonchev–Trinajstić information content (AvgIpc) is 3.31. The van der Waals surface area contributed by atoms with Crippen molar-refractivity contribution < 1.29 is 9.47 Å². The van der Waals surface area contributed by atoms with Gasteiger partial charge < -0.3 is 14.8 Å². The highest BCUT2D eigenvalue weighted by atomic mass is 16.5. The monoisotopic (exact) mass is 276 g/mol. The van der Waals surface area contributed by atoms with Crippen LogP contribution in [0.3, 0.4) is 0 Å². The van der Waals surface area contributed by atoms with Crippen molar-refractivity contribution in [2.24, 2.45) is 0 Å². The standard InChI is InChI=1S/C16H24N2O2/c1-19-14-3-2-4-15(9-14)20-16-11-17-8-7-12(16)10-18-13-5-6-13/h7-8,11,13-15,18H,2-6,9-10H2,1H3. The lowest BCUT2D eigenvalue weighted by Crippen LogP contribution is -2.30. The number of methoxy groups -OCH3 is 1. The Labute approximate surface area is 120 Å². The number of aromatic nitrogens is 1. The van der Waals surface area contributed by atoms with Crippen molar-refractivity contribution in [3.05, 3.63) is 24.0 Å². The van der Waals surface area contributed by atoms with Crippen LogP contribution in [0.25, 0.3) is 0 Å². The third kappa shape index (κ3) is 3.70. The van der Waals surface area contributed by atoms with E-state index in [1.165, 1.54) is 24.8 Å². The minimum atomic E-state index is 0.262. The van der Waals surface area contributed by atoms with Gasteiger partial charge in [0.15, 0.2) is 0 Å². The van der Waals surface area contributed by atoms with Gasteiger partial charge in [0.1, 0.15) is 11.9 Å². The van der Waals surface area contributed by atoms with E-state index in [9.17, 15) is 0 Å². The smallest absolute Gasteiger partial charge is 0.142 e. The Hall–Kier alpha value is -1.13. The lowest BCUT2D eigenvalue weighted by atomic mass is 9.95. The summed E-state index contributed by atoms with van der Waals surface area (Å²) in [6.07, 6.45) is 11.3. The molecule has 20 heavy (non-hydrogen) atoms. The third-order valence-corrected chi connectivity index (χ3v) is 4.23. The van der Waals surface area contributed by atoms with E-state index < -0.39 is 0 Å². The predicted octanol–water partition coefficient (Wildman–Crippen LogP) is 2.67. The van der Waals surface area contributed by atoms with Crippen molar-refractivity contribution in [1.82, 2.24) is 10.3 Å². The maximum Gasteiger partial charge on any atom is 0.142 e. The number of nitrogens with one attached hydrogen (secondary N) is 1. The zero-order chi connectivity index (χ0) is 13.8. The van der Waals surface area contributed by atoms with E-state index in [1.807, 2.05) is 12.4 Å². The largest absolute Gasteiger partial charge is 0.488 e. The quantitative estimate of drug-likeness (QED) is 0.867. The van der Waals surface area contributed by atoms with Gasteiger partial charge in [0.05, 0.1) is 12.3 Å². The first kappa shape index (κ1) is 13.8. The highest BCUT2D eigenvalue weighted by Gasteiger charge is 2.24. The van der Waals surface area contributed by atoms with Crippen LogP contribution in [-0.2, 0) is 11.3 Å². The fraction of sp³-hybridized carbons (Fsp3) is 0.688. The molecule has 1 aromatic heterocycles. The molecule has 2 fully saturated rings. The molecule has 0 spiro atoms. The molecule has 2 unspecified atom stereocenters. The van der Waals surface area contributed by atoms with Crippen LogP contribution >= 0.6 is 0 Å². The molecule has 2 aliphatic carbocycles. The third-order valence-electron chi connectivity index (χ3n) is 4.23. The Bertz CT molecular complexity index is 434. The van der Waals surface area contributed by atoms with Gasteiger partial charge in [0, 0.05) is 37.9 Å². The average molecular weight is 276 g/mol. The van der Waals surface area contributed by atoms with Gasteiger partial charge in [-0.2, -0.15) is 0 Å². The summed E-state index contributed by atoms with van der Waals surface area (Å²) >= 11 is 0. The Morgan fingerprint density at radius 3 is 2.90 bits per heavy atom. The second-order valence-electron chi connectivity index (χ2n) is 5.90. The Balaban J connectivity index is 1.60. The zero-order valence-electron chi connectivity index (χ0n) is 12.2. The van der Waals surface area contributed by atoms with Crippen LogP contribution in [0.1, 0.15) is 44.1 Å². The fourth-order valence-electron chi connectivity index (χ4n) is 2.81. The maximum atomic E-state index is 6.19. The molecule has 110 valence electrons. The molecule has 4 nitrogen and oxygen atoms in total. The van der Waals surface area contributed by atoms with Crippen molar-refractivity contribution in [1.29, 1.82) is 0 Å². The van der Waals surface area contributed by atoms with Crippen molar-refractivity contribution in [3.8, 4) is 5.75 Å². The van der Waals surface area contributed by atoms with Gasteiger partial charge in [-0.15, -0.1) is 0 Å². The molecule has 0 saturated heterocycles. The number of nitrogens with zero attached hydrogens (tertiary/aromatic N) is 1. The van der Waals surface area contributed by atoms with E-state index in [0.29, 0.717) is 12.1 Å². The molecule has 2 atom stereocenters. The summed E-state index contributed by atoms with van der Waals surface area (Å²) in [5, 5.41) is 3.54. The second kappa shape index (κ2) is 6.55. The summed E-state index contributed by atoms with van der Waals surface area (Å²) in [5.41, 5.74) is 1.21. The molecule has 0 amide bonds.